The van der Waals surface area contributed by atoms with E-state index in [0.29, 0.717) is 68.7 Å². The second-order valence-electron chi connectivity index (χ2n) is 17.2. The molecule has 0 unspecified atom stereocenters. The lowest BCUT2D eigenvalue weighted by Gasteiger charge is -2.19. The monoisotopic (exact) mass is 1070 g/mol. The van der Waals surface area contributed by atoms with Gasteiger partial charge in [-0.3, -0.25) is 19.1 Å². The fourth-order valence-electron chi connectivity index (χ4n) is 8.41. The summed E-state index contributed by atoms with van der Waals surface area (Å²) >= 11 is 0. The molecule has 76 heavy (non-hydrogen) atoms. The average Bonchev–Trinajstić information content (AvgIpc) is 4.28. The van der Waals surface area contributed by atoms with Gasteiger partial charge in [-0.15, -0.1) is 20.4 Å². The Balaban J connectivity index is 0.000000186. The third-order valence-electron chi connectivity index (χ3n) is 12.6. The van der Waals surface area contributed by atoms with Crippen LogP contribution in [0.2, 0.25) is 0 Å². The highest BCUT2D eigenvalue weighted by Gasteiger charge is 2.36. The molecular formula is C52H52N12O10S2. The summed E-state index contributed by atoms with van der Waals surface area (Å²) in [4.78, 5) is 17.5. The Hall–Kier alpha value is -8.58. The van der Waals surface area contributed by atoms with Crippen molar-refractivity contribution in [3.05, 3.63) is 169 Å². The van der Waals surface area contributed by atoms with Crippen LogP contribution in [0.1, 0.15) is 49.1 Å². The number of para-hydroxylation sites is 2. The maximum Gasteiger partial charge on any atom is 0.187 e. The van der Waals surface area contributed by atoms with Gasteiger partial charge in [-0.2, -0.15) is 0 Å². The van der Waals surface area contributed by atoms with Gasteiger partial charge in [-0.25, -0.2) is 26.8 Å². The molecule has 392 valence electrons. The number of aromatic nitrogens is 12. The summed E-state index contributed by atoms with van der Waals surface area (Å²) in [5, 5.41) is 36.7. The van der Waals surface area contributed by atoms with Crippen molar-refractivity contribution in [2.24, 2.45) is 0 Å². The summed E-state index contributed by atoms with van der Waals surface area (Å²) < 4.78 is 83.4. The standard InChI is InChI=1S/2C26H26N6O5S/c2*1-17(25(33)19-15-31-14-7-5-12-22(31)28-19)38(34,35)16-23-29-30-26(18-9-4-6-13-27-18)32(23)24-20(36-2)10-8-11-21(24)37-3/h2*4-15,17,25,33H,16H2,1-3H3/t2*17-,25-/m10/s1. The van der Waals surface area contributed by atoms with Gasteiger partial charge in [0.1, 0.15) is 80.8 Å². The molecule has 2 N–H and O–H groups in total. The number of ether oxygens (including phenoxy) is 4. The van der Waals surface area contributed by atoms with E-state index in [-0.39, 0.29) is 23.0 Å². The van der Waals surface area contributed by atoms with E-state index in [1.165, 1.54) is 42.3 Å². The van der Waals surface area contributed by atoms with Crippen molar-refractivity contribution in [2.75, 3.05) is 28.4 Å². The number of hydrogen-bond acceptors (Lipinski definition) is 18. The van der Waals surface area contributed by atoms with Crippen molar-refractivity contribution < 1.29 is 46.0 Å². The van der Waals surface area contributed by atoms with Gasteiger partial charge < -0.3 is 38.0 Å². The quantitative estimate of drug-likeness (QED) is 0.0988. The van der Waals surface area contributed by atoms with E-state index in [4.69, 9.17) is 18.9 Å². The first kappa shape index (κ1) is 52.3. The van der Waals surface area contributed by atoms with E-state index in [2.05, 4.69) is 40.3 Å². The van der Waals surface area contributed by atoms with E-state index in [0.717, 1.165) is 0 Å². The van der Waals surface area contributed by atoms with Crippen LogP contribution in [0.5, 0.6) is 23.0 Å². The Kier molecular flexibility index (Phi) is 15.2. The summed E-state index contributed by atoms with van der Waals surface area (Å²) in [6.07, 6.45) is 7.30. The summed E-state index contributed by atoms with van der Waals surface area (Å²) in [6, 6.07) is 31.9. The van der Waals surface area contributed by atoms with Gasteiger partial charge in [0.2, 0.25) is 0 Å². The molecule has 0 spiro atoms. The van der Waals surface area contributed by atoms with Gasteiger partial charge in [-0.1, -0.05) is 36.4 Å². The minimum Gasteiger partial charge on any atom is -0.494 e. The summed E-state index contributed by atoms with van der Waals surface area (Å²) in [5.74, 6) is 1.54. The molecule has 0 fully saturated rings. The SMILES string of the molecule is COc1cccc(OC)c1-n1c(CS(=O)(=O)[C@@H](C)[C@H](O)c2cn3ccccc3n2)nnc1-c1ccccn1.COc1cccc(OC)c1-n1c(CS(=O)(=O)[C@H](C)[C@@H](O)c2cn3ccccc3n2)nnc1-c1ccccn1. The highest BCUT2D eigenvalue weighted by molar-refractivity contribution is 7.91. The molecule has 4 atom stereocenters. The topological polar surface area (TPSA) is 267 Å². The molecule has 10 aromatic rings. The number of aliphatic hydroxyl groups is 2. The Morgan fingerprint density at radius 2 is 0.855 bits per heavy atom. The first-order valence-electron chi connectivity index (χ1n) is 23.5. The molecule has 0 aliphatic carbocycles. The maximum atomic E-state index is 13.6. The van der Waals surface area contributed by atoms with Crippen LogP contribution in [0.4, 0.5) is 0 Å². The molecule has 24 heteroatoms. The van der Waals surface area contributed by atoms with Gasteiger partial charge >= 0.3 is 0 Å². The molecule has 0 amide bonds. The van der Waals surface area contributed by atoms with Crippen molar-refractivity contribution in [1.82, 2.24) is 58.3 Å². The molecule has 0 bridgehead atoms. The lowest BCUT2D eigenvalue weighted by atomic mass is 10.2. The average molecular weight is 1070 g/mol. The molecule has 0 saturated heterocycles. The smallest absolute Gasteiger partial charge is 0.187 e. The fourth-order valence-corrected chi connectivity index (χ4v) is 11.1. The first-order valence-corrected chi connectivity index (χ1v) is 26.9. The predicted molar refractivity (Wildman–Crippen MR) is 280 cm³/mol. The molecule has 10 rings (SSSR count). The number of hydrogen-bond donors (Lipinski definition) is 2. The number of rotatable bonds is 18. The molecule has 0 aliphatic rings. The zero-order valence-electron chi connectivity index (χ0n) is 41.9. The third kappa shape index (κ3) is 10.4. The summed E-state index contributed by atoms with van der Waals surface area (Å²) in [6.45, 7) is 2.90. The van der Waals surface area contributed by atoms with E-state index in [1.807, 2.05) is 24.3 Å². The van der Waals surface area contributed by atoms with Crippen molar-refractivity contribution in [1.29, 1.82) is 0 Å². The van der Waals surface area contributed by atoms with Crippen LogP contribution in [0, 0.1) is 0 Å². The Morgan fingerprint density at radius 3 is 1.18 bits per heavy atom. The normalized spacial score (nSPS) is 13.4. The largest absolute Gasteiger partial charge is 0.494 e. The van der Waals surface area contributed by atoms with E-state index in [1.54, 1.807) is 140 Å². The molecule has 8 aromatic heterocycles. The summed E-state index contributed by atoms with van der Waals surface area (Å²) in [5.41, 5.74) is 3.56. The number of fused-ring (bicyclic) bond motifs is 2. The number of nitrogens with zero attached hydrogens (tertiary/aromatic N) is 12. The van der Waals surface area contributed by atoms with E-state index >= 15 is 0 Å². The number of imidazole rings is 2. The lowest BCUT2D eigenvalue weighted by molar-refractivity contribution is 0.171. The minimum absolute atomic E-state index is 0.113. The molecule has 0 saturated carbocycles. The highest BCUT2D eigenvalue weighted by Crippen LogP contribution is 2.39. The Morgan fingerprint density at radius 1 is 0.487 bits per heavy atom. The van der Waals surface area contributed by atoms with Crippen LogP contribution < -0.4 is 18.9 Å². The second kappa shape index (κ2) is 22.1. The van der Waals surface area contributed by atoms with Crippen molar-refractivity contribution in [3.63, 3.8) is 0 Å². The number of sulfone groups is 2. The maximum absolute atomic E-state index is 13.6. The van der Waals surface area contributed by atoms with Crippen LogP contribution in [-0.4, -0.2) is 124 Å². The van der Waals surface area contributed by atoms with Gasteiger partial charge in [-0.05, 0) is 86.6 Å². The van der Waals surface area contributed by atoms with E-state index < -0.39 is 53.9 Å². The predicted octanol–water partition coefficient (Wildman–Crippen LogP) is 6.06. The molecule has 0 aliphatic heterocycles. The number of aliphatic hydroxyl groups excluding tert-OH is 2. The number of pyridine rings is 4. The molecular weight excluding hydrogens is 1020 g/mol. The van der Waals surface area contributed by atoms with Gasteiger partial charge in [0, 0.05) is 37.2 Å². The molecule has 22 nitrogen and oxygen atoms in total. The van der Waals surface area contributed by atoms with Crippen molar-refractivity contribution >= 4 is 31.0 Å². The van der Waals surface area contributed by atoms with Crippen molar-refractivity contribution in [3.8, 4) is 57.4 Å². The highest BCUT2D eigenvalue weighted by atomic mass is 32.2. The molecule has 2 aromatic carbocycles. The van der Waals surface area contributed by atoms with Gasteiger partial charge in [0.05, 0.1) is 50.3 Å². The summed E-state index contributed by atoms with van der Waals surface area (Å²) in [7, 11) is -1.90. The zero-order valence-corrected chi connectivity index (χ0v) is 43.6. The van der Waals surface area contributed by atoms with E-state index in [9.17, 15) is 27.0 Å². The number of benzene rings is 2. The van der Waals surface area contributed by atoms with Crippen LogP contribution in [0.3, 0.4) is 0 Å². The zero-order chi connectivity index (χ0) is 53.7. The van der Waals surface area contributed by atoms with Gasteiger partial charge in [0.25, 0.3) is 0 Å². The molecule has 0 radical (unpaired) electrons. The second-order valence-corrected chi connectivity index (χ2v) is 21.9. The Labute approximate surface area is 436 Å². The number of methoxy groups -OCH3 is 4. The van der Waals surface area contributed by atoms with Crippen LogP contribution in [-0.2, 0) is 31.2 Å². The minimum atomic E-state index is -3.96. The third-order valence-corrected chi connectivity index (χ3v) is 16.7. The van der Waals surface area contributed by atoms with Gasteiger partial charge in [0.15, 0.2) is 43.0 Å². The van der Waals surface area contributed by atoms with Crippen LogP contribution in [0.25, 0.3) is 45.7 Å². The van der Waals surface area contributed by atoms with Crippen LogP contribution in [0.15, 0.2) is 146 Å². The lowest BCUT2D eigenvalue weighted by Crippen LogP contribution is -2.28. The molecule has 8 heterocycles. The Bertz CT molecular complexity index is 3510. The van der Waals surface area contributed by atoms with Crippen molar-refractivity contribution in [2.45, 2.75) is 48.1 Å². The first-order chi connectivity index (χ1) is 36.7. The van der Waals surface area contributed by atoms with Crippen LogP contribution >= 0.6 is 0 Å². The fraction of sp³-hybridized carbons (Fsp3) is 0.231.